The van der Waals surface area contributed by atoms with Gasteiger partial charge in [0.15, 0.2) is 0 Å². The molecule has 0 aliphatic carbocycles. The van der Waals surface area contributed by atoms with Crippen molar-refractivity contribution in [2.24, 2.45) is 5.92 Å². The van der Waals surface area contributed by atoms with Crippen molar-refractivity contribution >= 4 is 47.4 Å². The lowest BCUT2D eigenvalue weighted by molar-refractivity contribution is -0.116. The highest BCUT2D eigenvalue weighted by atomic mass is 35.5. The Labute approximate surface area is 146 Å². The molecule has 1 aromatic carbocycles. The van der Waals surface area contributed by atoms with Gasteiger partial charge in [-0.3, -0.25) is 9.59 Å². The Morgan fingerprint density at radius 2 is 2.09 bits per heavy atom. The molecule has 0 spiro atoms. The van der Waals surface area contributed by atoms with Crippen LogP contribution in [0.1, 0.15) is 25.7 Å². The molecule has 3 N–H and O–H groups in total. The van der Waals surface area contributed by atoms with Gasteiger partial charge in [-0.1, -0.05) is 0 Å². The Balaban J connectivity index is 0.00000192. The fourth-order valence-electron chi connectivity index (χ4n) is 2.89. The number of benzene rings is 1. The molecule has 126 valence electrons. The number of piperidine rings is 1. The number of nitrogens with one attached hydrogen (secondary N) is 3. The van der Waals surface area contributed by atoms with Crippen LogP contribution in [-0.4, -0.2) is 30.7 Å². The summed E-state index contributed by atoms with van der Waals surface area (Å²) in [5.74, 6) is 1.17. The molecular weight excluding hydrogens is 334 g/mol. The Morgan fingerprint density at radius 3 is 2.87 bits per heavy atom. The second-order valence-electron chi connectivity index (χ2n) is 5.83. The van der Waals surface area contributed by atoms with Gasteiger partial charge < -0.3 is 16.0 Å². The van der Waals surface area contributed by atoms with E-state index in [1.165, 1.54) is 11.8 Å². The first-order chi connectivity index (χ1) is 10.7. The van der Waals surface area contributed by atoms with E-state index in [1.54, 1.807) is 0 Å². The minimum Gasteiger partial charge on any atom is -0.326 e. The quantitative estimate of drug-likeness (QED) is 0.776. The molecule has 1 saturated heterocycles. The second kappa shape index (κ2) is 8.57. The predicted molar refractivity (Wildman–Crippen MR) is 96.5 cm³/mol. The van der Waals surface area contributed by atoms with Gasteiger partial charge in [-0.05, 0) is 56.5 Å². The number of anilines is 2. The van der Waals surface area contributed by atoms with Crippen LogP contribution in [0, 0.1) is 5.92 Å². The number of amides is 2. The van der Waals surface area contributed by atoms with E-state index in [4.69, 9.17) is 0 Å². The van der Waals surface area contributed by atoms with Crippen LogP contribution in [-0.2, 0) is 9.59 Å². The smallest absolute Gasteiger partial charge is 0.234 e. The summed E-state index contributed by atoms with van der Waals surface area (Å²) in [5, 5.41) is 9.11. The maximum Gasteiger partial charge on any atom is 0.234 e. The summed E-state index contributed by atoms with van der Waals surface area (Å²) < 4.78 is 0. The Kier molecular flexibility index (Phi) is 6.74. The van der Waals surface area contributed by atoms with Gasteiger partial charge in [0.05, 0.1) is 11.4 Å². The zero-order chi connectivity index (χ0) is 15.4. The highest BCUT2D eigenvalue weighted by molar-refractivity contribution is 8.00. The molecule has 2 amide bonds. The lowest BCUT2D eigenvalue weighted by Crippen LogP contribution is -2.28. The van der Waals surface area contributed by atoms with Crippen molar-refractivity contribution in [2.75, 3.05) is 29.5 Å². The largest absolute Gasteiger partial charge is 0.326 e. The molecule has 0 saturated carbocycles. The third kappa shape index (κ3) is 5.12. The SMILES string of the molecule is Cl.O=C(CCC1CCNCC1)Nc1ccc2c(c1)NC(=O)CS2. The van der Waals surface area contributed by atoms with Crippen molar-refractivity contribution in [3.63, 3.8) is 0 Å². The number of hydrogen-bond donors (Lipinski definition) is 3. The van der Waals surface area contributed by atoms with Gasteiger partial charge in [0.1, 0.15) is 0 Å². The lowest BCUT2D eigenvalue weighted by atomic mass is 9.93. The van der Waals surface area contributed by atoms with Crippen LogP contribution < -0.4 is 16.0 Å². The van der Waals surface area contributed by atoms with E-state index in [-0.39, 0.29) is 24.2 Å². The molecule has 0 atom stereocenters. The molecule has 7 heteroatoms. The number of hydrogen-bond acceptors (Lipinski definition) is 4. The summed E-state index contributed by atoms with van der Waals surface area (Å²) in [5.41, 5.74) is 1.54. The Bertz CT molecular complexity index is 576. The van der Waals surface area contributed by atoms with E-state index in [0.29, 0.717) is 18.1 Å². The van der Waals surface area contributed by atoms with E-state index in [9.17, 15) is 9.59 Å². The highest BCUT2D eigenvalue weighted by Crippen LogP contribution is 2.33. The first-order valence-corrected chi connectivity index (χ1v) is 8.76. The summed E-state index contributed by atoms with van der Waals surface area (Å²) in [7, 11) is 0. The fraction of sp³-hybridized carbons (Fsp3) is 0.500. The molecular formula is C16H22ClN3O2S. The van der Waals surface area contributed by atoms with Crippen molar-refractivity contribution in [3.05, 3.63) is 18.2 Å². The summed E-state index contributed by atoms with van der Waals surface area (Å²) in [4.78, 5) is 24.5. The average molecular weight is 356 g/mol. The van der Waals surface area contributed by atoms with Gasteiger partial charge in [0, 0.05) is 17.0 Å². The Hall–Kier alpha value is -1.24. The number of fused-ring (bicyclic) bond motifs is 1. The second-order valence-corrected chi connectivity index (χ2v) is 6.85. The van der Waals surface area contributed by atoms with Crippen molar-refractivity contribution in [1.82, 2.24) is 5.32 Å². The first-order valence-electron chi connectivity index (χ1n) is 7.78. The van der Waals surface area contributed by atoms with Crippen molar-refractivity contribution in [2.45, 2.75) is 30.6 Å². The normalized spacial score (nSPS) is 17.7. The fourth-order valence-corrected chi connectivity index (χ4v) is 3.68. The number of carbonyl (C=O) groups excluding carboxylic acids is 2. The van der Waals surface area contributed by atoms with Crippen LogP contribution in [0.25, 0.3) is 0 Å². The molecule has 5 nitrogen and oxygen atoms in total. The minimum absolute atomic E-state index is 0. The number of rotatable bonds is 4. The maximum atomic E-state index is 12.1. The van der Waals surface area contributed by atoms with Crippen LogP contribution >= 0.6 is 24.2 Å². The number of halogens is 1. The van der Waals surface area contributed by atoms with Crippen LogP contribution in [0.2, 0.25) is 0 Å². The van der Waals surface area contributed by atoms with Gasteiger partial charge in [-0.2, -0.15) is 0 Å². The van der Waals surface area contributed by atoms with E-state index >= 15 is 0 Å². The molecule has 3 rings (SSSR count). The van der Waals surface area contributed by atoms with Crippen LogP contribution in [0.5, 0.6) is 0 Å². The van der Waals surface area contributed by atoms with Crippen LogP contribution in [0.15, 0.2) is 23.1 Å². The predicted octanol–water partition coefficient (Wildman–Crippen LogP) is 2.87. The maximum absolute atomic E-state index is 12.1. The molecule has 1 aromatic rings. The summed E-state index contributed by atoms with van der Waals surface area (Å²) in [6.45, 7) is 2.13. The lowest BCUT2D eigenvalue weighted by Gasteiger charge is -2.22. The van der Waals surface area contributed by atoms with Crippen LogP contribution in [0.4, 0.5) is 11.4 Å². The highest BCUT2D eigenvalue weighted by Gasteiger charge is 2.17. The van der Waals surface area contributed by atoms with E-state index < -0.39 is 0 Å². The summed E-state index contributed by atoms with van der Waals surface area (Å²) in [6, 6.07) is 5.68. The van der Waals surface area contributed by atoms with Gasteiger partial charge in [-0.15, -0.1) is 24.2 Å². The van der Waals surface area contributed by atoms with Gasteiger partial charge in [0.25, 0.3) is 0 Å². The average Bonchev–Trinajstić information content (AvgIpc) is 2.53. The first kappa shape index (κ1) is 18.1. The standard InChI is InChI=1S/C16H21N3O2S.ClH/c20-15(4-1-11-5-7-17-8-6-11)18-12-2-3-14-13(9-12)19-16(21)10-22-14;/h2-3,9,11,17H,1,4-8,10H2,(H,18,20)(H,19,21);1H. The molecule has 0 radical (unpaired) electrons. The summed E-state index contributed by atoms with van der Waals surface area (Å²) >= 11 is 1.52. The summed E-state index contributed by atoms with van der Waals surface area (Å²) in [6.07, 6.45) is 3.83. The zero-order valence-corrected chi connectivity index (χ0v) is 14.5. The molecule has 0 unspecified atom stereocenters. The number of thioether (sulfide) groups is 1. The molecule has 23 heavy (non-hydrogen) atoms. The van der Waals surface area contributed by atoms with Crippen molar-refractivity contribution < 1.29 is 9.59 Å². The molecule has 0 aromatic heterocycles. The van der Waals surface area contributed by atoms with Crippen molar-refractivity contribution in [3.8, 4) is 0 Å². The van der Waals surface area contributed by atoms with Gasteiger partial charge >= 0.3 is 0 Å². The van der Waals surface area contributed by atoms with Crippen LogP contribution in [0.3, 0.4) is 0 Å². The zero-order valence-electron chi connectivity index (χ0n) is 12.9. The monoisotopic (exact) mass is 355 g/mol. The molecule has 2 aliphatic heterocycles. The molecule has 1 fully saturated rings. The van der Waals surface area contributed by atoms with E-state index in [2.05, 4.69) is 16.0 Å². The third-order valence-electron chi connectivity index (χ3n) is 4.13. The number of carbonyl (C=O) groups is 2. The Morgan fingerprint density at radius 1 is 1.30 bits per heavy atom. The molecule has 2 aliphatic rings. The van der Waals surface area contributed by atoms with Crippen molar-refractivity contribution in [1.29, 1.82) is 0 Å². The molecule has 0 bridgehead atoms. The van der Waals surface area contributed by atoms with E-state index in [1.807, 2.05) is 18.2 Å². The van der Waals surface area contributed by atoms with Gasteiger partial charge in [-0.25, -0.2) is 0 Å². The molecule has 2 heterocycles. The topological polar surface area (TPSA) is 70.2 Å². The third-order valence-corrected chi connectivity index (χ3v) is 5.21. The van der Waals surface area contributed by atoms with E-state index in [0.717, 1.165) is 48.6 Å². The van der Waals surface area contributed by atoms with Gasteiger partial charge in [0.2, 0.25) is 11.8 Å². The minimum atomic E-state index is 0.